The molecule has 0 spiro atoms. The summed E-state index contributed by atoms with van der Waals surface area (Å²) < 4.78 is 1.85. The van der Waals surface area contributed by atoms with Gasteiger partial charge in [0.2, 0.25) is 0 Å². The van der Waals surface area contributed by atoms with Gasteiger partial charge < -0.3 is 10.5 Å². The second-order valence-electron chi connectivity index (χ2n) is 5.68. The van der Waals surface area contributed by atoms with Crippen molar-refractivity contribution in [1.82, 2.24) is 9.97 Å². The second-order valence-corrected chi connectivity index (χ2v) is 6.59. The van der Waals surface area contributed by atoms with E-state index in [9.17, 15) is 5.21 Å². The van der Waals surface area contributed by atoms with E-state index in [1.807, 2.05) is 36.4 Å². The highest BCUT2D eigenvalue weighted by Crippen LogP contribution is 2.21. The number of hydrogen-bond acceptors (Lipinski definition) is 4. The molecule has 0 aliphatic rings. The van der Waals surface area contributed by atoms with E-state index in [1.54, 1.807) is 12.3 Å². The van der Waals surface area contributed by atoms with Crippen molar-refractivity contribution >= 4 is 21.7 Å². The molecule has 2 aromatic heterocycles. The molecule has 0 unspecified atom stereocenters. The lowest BCUT2D eigenvalue weighted by atomic mass is 10.2. The highest BCUT2D eigenvalue weighted by atomic mass is 79.9. The summed E-state index contributed by atoms with van der Waals surface area (Å²) in [5, 5.41) is 14.6. The molecule has 1 N–H and O–H groups in total. The lowest BCUT2D eigenvalue weighted by Crippen LogP contribution is -2.25. The van der Waals surface area contributed by atoms with Crippen LogP contribution < -0.4 is 10.0 Å². The number of rotatable bonds is 6. The predicted octanol–water partition coefficient (Wildman–Crippen LogP) is 3.76. The number of nitrogens with one attached hydrogen (secondary N) is 1. The van der Waals surface area contributed by atoms with Gasteiger partial charge in [0.05, 0.1) is 0 Å². The molecule has 0 radical (unpaired) electrons. The van der Waals surface area contributed by atoms with E-state index in [4.69, 9.17) is 0 Å². The zero-order valence-electron chi connectivity index (χ0n) is 13.9. The van der Waals surface area contributed by atoms with Crippen molar-refractivity contribution in [1.29, 1.82) is 0 Å². The number of hydrogen-bond donors (Lipinski definition) is 1. The summed E-state index contributed by atoms with van der Waals surface area (Å²) in [7, 11) is 0. The van der Waals surface area contributed by atoms with Gasteiger partial charge in [0.25, 0.3) is 0 Å². The van der Waals surface area contributed by atoms with Gasteiger partial charge in [0, 0.05) is 40.0 Å². The van der Waals surface area contributed by atoms with Gasteiger partial charge in [-0.25, -0.2) is 9.97 Å². The van der Waals surface area contributed by atoms with Crippen LogP contribution in [-0.2, 0) is 12.8 Å². The summed E-state index contributed by atoms with van der Waals surface area (Å²) >= 11 is 3.44. The summed E-state index contributed by atoms with van der Waals surface area (Å²) in [6.07, 6.45) is 4.67. The van der Waals surface area contributed by atoms with E-state index in [0.29, 0.717) is 12.4 Å². The van der Waals surface area contributed by atoms with Gasteiger partial charge in [-0.05, 0) is 31.0 Å². The van der Waals surface area contributed by atoms with E-state index in [0.717, 1.165) is 44.7 Å². The molecule has 0 saturated carbocycles. The van der Waals surface area contributed by atoms with Crippen molar-refractivity contribution in [2.75, 3.05) is 11.9 Å². The van der Waals surface area contributed by atoms with Gasteiger partial charge in [-0.1, -0.05) is 35.0 Å². The second kappa shape index (κ2) is 8.07. The molecule has 0 fully saturated rings. The highest BCUT2D eigenvalue weighted by molar-refractivity contribution is 9.10. The Balaban J connectivity index is 1.74. The number of benzene rings is 1. The number of halogens is 1. The van der Waals surface area contributed by atoms with Gasteiger partial charge >= 0.3 is 0 Å². The topological polar surface area (TPSA) is 64.8 Å². The average Bonchev–Trinajstić information content (AvgIpc) is 2.62. The first-order chi connectivity index (χ1) is 12.1. The molecule has 3 aromatic rings. The molecule has 0 bridgehead atoms. The Morgan fingerprint density at radius 1 is 1.16 bits per heavy atom. The Hall–Kier alpha value is -2.47. The maximum Gasteiger partial charge on any atom is 0.183 e. The number of pyridine rings is 1. The van der Waals surface area contributed by atoms with Crippen molar-refractivity contribution in [3.63, 3.8) is 0 Å². The van der Waals surface area contributed by atoms with E-state index in [2.05, 4.69) is 38.1 Å². The molecular formula is C19H19BrN4O. The molecule has 25 heavy (non-hydrogen) atoms. The minimum absolute atomic E-state index is 0.698. The lowest BCUT2D eigenvalue weighted by molar-refractivity contribution is -0.605. The smallest absolute Gasteiger partial charge is 0.183 e. The molecule has 1 aromatic carbocycles. The minimum atomic E-state index is 0.698. The number of nitrogens with zero attached hydrogens (tertiary/aromatic N) is 3. The normalized spacial score (nSPS) is 10.6. The fraction of sp³-hybridized carbons (Fsp3) is 0.211. The first-order valence-electron chi connectivity index (χ1n) is 8.19. The number of anilines is 1. The van der Waals surface area contributed by atoms with E-state index in [1.165, 1.54) is 6.20 Å². The van der Waals surface area contributed by atoms with Gasteiger partial charge in [0.15, 0.2) is 18.2 Å². The highest BCUT2D eigenvalue weighted by Gasteiger charge is 2.07. The van der Waals surface area contributed by atoms with Crippen LogP contribution in [0.2, 0.25) is 0 Å². The molecular weight excluding hydrogens is 380 g/mol. The fourth-order valence-corrected chi connectivity index (χ4v) is 2.75. The average molecular weight is 399 g/mol. The SMILES string of the molecule is CCc1cc(NCCc2ccc[n+]([O-])c2)nc(-c2ccc(Br)cc2)n1. The molecule has 0 atom stereocenters. The molecule has 0 aliphatic heterocycles. The van der Waals surface area contributed by atoms with Crippen LogP contribution in [0.1, 0.15) is 18.2 Å². The van der Waals surface area contributed by atoms with Crippen LogP contribution >= 0.6 is 15.9 Å². The zero-order chi connectivity index (χ0) is 17.6. The van der Waals surface area contributed by atoms with Gasteiger partial charge in [-0.15, -0.1) is 0 Å². The summed E-state index contributed by atoms with van der Waals surface area (Å²) in [4.78, 5) is 9.24. The van der Waals surface area contributed by atoms with Crippen molar-refractivity contribution < 1.29 is 4.73 Å². The molecule has 2 heterocycles. The molecule has 0 aliphatic carbocycles. The van der Waals surface area contributed by atoms with Crippen LogP contribution in [0, 0.1) is 5.21 Å². The minimum Gasteiger partial charge on any atom is -0.619 e. The van der Waals surface area contributed by atoms with Crippen molar-refractivity contribution in [2.45, 2.75) is 19.8 Å². The summed E-state index contributed by atoms with van der Waals surface area (Å²) in [5.74, 6) is 1.52. The predicted molar refractivity (Wildman–Crippen MR) is 102 cm³/mol. The van der Waals surface area contributed by atoms with Crippen LogP contribution in [0.5, 0.6) is 0 Å². The van der Waals surface area contributed by atoms with Crippen molar-refractivity contribution in [2.24, 2.45) is 0 Å². The number of aryl methyl sites for hydroxylation is 1. The molecule has 0 amide bonds. The van der Waals surface area contributed by atoms with E-state index >= 15 is 0 Å². The van der Waals surface area contributed by atoms with Crippen LogP contribution in [0.15, 0.2) is 59.3 Å². The monoisotopic (exact) mass is 398 g/mol. The Bertz CT molecular complexity index is 852. The van der Waals surface area contributed by atoms with Gasteiger partial charge in [0.1, 0.15) is 5.82 Å². The quantitative estimate of drug-likeness (QED) is 0.507. The Labute approximate surface area is 155 Å². The first-order valence-corrected chi connectivity index (χ1v) is 8.99. The third-order valence-electron chi connectivity index (χ3n) is 3.80. The van der Waals surface area contributed by atoms with Gasteiger partial charge in [-0.2, -0.15) is 4.73 Å². The first kappa shape index (κ1) is 17.4. The van der Waals surface area contributed by atoms with E-state index in [-0.39, 0.29) is 0 Å². The van der Waals surface area contributed by atoms with Crippen molar-refractivity contribution in [3.05, 3.63) is 75.8 Å². The summed E-state index contributed by atoms with van der Waals surface area (Å²) in [6.45, 7) is 2.78. The maximum atomic E-state index is 11.3. The lowest BCUT2D eigenvalue weighted by Gasteiger charge is -2.10. The van der Waals surface area contributed by atoms with Crippen LogP contribution in [0.3, 0.4) is 0 Å². The van der Waals surface area contributed by atoms with Crippen LogP contribution in [0.4, 0.5) is 5.82 Å². The molecule has 128 valence electrons. The summed E-state index contributed by atoms with van der Waals surface area (Å²) in [6, 6.07) is 13.6. The maximum absolute atomic E-state index is 11.3. The van der Waals surface area contributed by atoms with Crippen LogP contribution in [-0.4, -0.2) is 16.5 Å². The Morgan fingerprint density at radius 3 is 2.68 bits per heavy atom. The Kier molecular flexibility index (Phi) is 5.60. The zero-order valence-corrected chi connectivity index (χ0v) is 15.5. The third-order valence-corrected chi connectivity index (χ3v) is 4.33. The van der Waals surface area contributed by atoms with Gasteiger partial charge in [-0.3, -0.25) is 0 Å². The fourth-order valence-electron chi connectivity index (χ4n) is 2.48. The Morgan fingerprint density at radius 2 is 1.96 bits per heavy atom. The van der Waals surface area contributed by atoms with Crippen LogP contribution in [0.25, 0.3) is 11.4 Å². The molecule has 5 nitrogen and oxygen atoms in total. The largest absolute Gasteiger partial charge is 0.619 e. The summed E-state index contributed by atoms with van der Waals surface area (Å²) in [5.41, 5.74) is 2.97. The standard InChI is InChI=1S/C19H19BrN4O/c1-2-17-12-18(21-10-9-14-4-3-11-24(25)13-14)23-19(22-17)15-5-7-16(20)8-6-15/h3-8,11-13H,2,9-10H2,1H3,(H,21,22,23). The molecule has 6 heteroatoms. The molecule has 0 saturated heterocycles. The third kappa shape index (κ3) is 4.76. The van der Waals surface area contributed by atoms with E-state index < -0.39 is 0 Å². The number of aromatic nitrogens is 3. The molecule has 3 rings (SSSR count). The van der Waals surface area contributed by atoms with Crippen molar-refractivity contribution in [3.8, 4) is 11.4 Å².